The minimum absolute atomic E-state index is 0.0984. The highest BCUT2D eigenvalue weighted by molar-refractivity contribution is 5.66. The van der Waals surface area contributed by atoms with Crippen LogP contribution in [0, 0.1) is 35.0 Å². The zero-order chi connectivity index (χ0) is 22.6. The molecule has 0 aliphatic heterocycles. The van der Waals surface area contributed by atoms with E-state index in [-0.39, 0.29) is 12.1 Å². The molecule has 0 N–H and O–H groups in total. The molecule has 4 saturated carbocycles. The van der Waals surface area contributed by atoms with Gasteiger partial charge in [-0.1, -0.05) is 51.9 Å². The topological polar surface area (TPSA) is 35.5 Å². The molecule has 0 aromatic carbocycles. The quantitative estimate of drug-likeness (QED) is 0.392. The smallest absolute Gasteiger partial charge is 0.302 e. The first-order valence-electron chi connectivity index (χ1n) is 14.2. The van der Waals surface area contributed by atoms with Crippen molar-refractivity contribution in [3.63, 3.8) is 0 Å². The van der Waals surface area contributed by atoms with Crippen molar-refractivity contribution in [1.82, 2.24) is 0 Å². The van der Waals surface area contributed by atoms with E-state index in [0.29, 0.717) is 11.5 Å². The second-order valence-electron chi connectivity index (χ2n) is 12.1. The lowest BCUT2D eigenvalue weighted by molar-refractivity contribution is -0.150. The average Bonchev–Trinajstić information content (AvgIpc) is 2.84. The summed E-state index contributed by atoms with van der Waals surface area (Å²) >= 11 is 0. The third kappa shape index (κ3) is 5.39. The number of carbonyl (C=O) groups is 1. The summed E-state index contributed by atoms with van der Waals surface area (Å²) in [6.45, 7) is 4.31. The van der Waals surface area contributed by atoms with Gasteiger partial charge in [0, 0.05) is 14.0 Å². The lowest BCUT2D eigenvalue weighted by Gasteiger charge is -2.57. The van der Waals surface area contributed by atoms with Crippen LogP contribution in [-0.4, -0.2) is 25.3 Å². The Hall–Kier alpha value is -0.570. The summed E-state index contributed by atoms with van der Waals surface area (Å²) < 4.78 is 11.4. The van der Waals surface area contributed by atoms with E-state index in [4.69, 9.17) is 9.47 Å². The molecule has 0 spiro atoms. The van der Waals surface area contributed by atoms with Gasteiger partial charge in [0.15, 0.2) is 0 Å². The highest BCUT2D eigenvalue weighted by atomic mass is 16.5. The molecular weight excluding hydrogens is 396 g/mol. The van der Waals surface area contributed by atoms with Gasteiger partial charge in [-0.05, 0) is 99.2 Å². The number of hydrogen-bond donors (Lipinski definition) is 0. The summed E-state index contributed by atoms with van der Waals surface area (Å²) in [5, 5.41) is 0. The van der Waals surface area contributed by atoms with Gasteiger partial charge in [0.25, 0.3) is 0 Å². The van der Waals surface area contributed by atoms with Crippen molar-refractivity contribution >= 4 is 5.97 Å². The lowest BCUT2D eigenvalue weighted by Crippen LogP contribution is -2.50. The average molecular weight is 447 g/mol. The van der Waals surface area contributed by atoms with Crippen LogP contribution in [0.5, 0.6) is 0 Å². The van der Waals surface area contributed by atoms with Crippen LogP contribution in [0.15, 0.2) is 0 Å². The third-order valence-corrected chi connectivity index (χ3v) is 10.6. The molecular formula is C29H50O3. The van der Waals surface area contributed by atoms with Crippen molar-refractivity contribution in [3.8, 4) is 0 Å². The van der Waals surface area contributed by atoms with E-state index in [1.54, 1.807) is 6.92 Å². The summed E-state index contributed by atoms with van der Waals surface area (Å²) in [6, 6.07) is 0. The first kappa shape index (κ1) is 24.6. The van der Waals surface area contributed by atoms with Crippen molar-refractivity contribution < 1.29 is 14.3 Å². The molecule has 4 rings (SSSR count). The first-order valence-corrected chi connectivity index (χ1v) is 14.2. The van der Waals surface area contributed by atoms with Crippen LogP contribution in [0.1, 0.15) is 123 Å². The Balaban J connectivity index is 1.56. The number of rotatable bonds is 6. The third-order valence-electron chi connectivity index (χ3n) is 10.6. The minimum Gasteiger partial charge on any atom is -0.463 e. The van der Waals surface area contributed by atoms with Crippen LogP contribution in [0.4, 0.5) is 0 Å². The standard InChI is InChI=1S/C29H50O3/c1-21(30)32-26-19-15-24(16-20-26)29(2,23-13-17-25(31-3)18-14-23)28-12-8-7-11-27(28)22-9-5-4-6-10-22/h22-28H,4-20H2,1-3H3. The van der Waals surface area contributed by atoms with E-state index in [9.17, 15) is 4.79 Å². The van der Waals surface area contributed by atoms with Crippen molar-refractivity contribution in [2.75, 3.05) is 7.11 Å². The molecule has 0 saturated heterocycles. The molecule has 3 unspecified atom stereocenters. The zero-order valence-electron chi connectivity index (χ0n) is 21.3. The number of hydrogen-bond acceptors (Lipinski definition) is 3. The van der Waals surface area contributed by atoms with Crippen LogP contribution in [0.2, 0.25) is 0 Å². The predicted molar refractivity (Wildman–Crippen MR) is 130 cm³/mol. The van der Waals surface area contributed by atoms with Crippen molar-refractivity contribution in [3.05, 3.63) is 0 Å². The molecule has 0 heterocycles. The van der Waals surface area contributed by atoms with E-state index in [1.165, 1.54) is 96.3 Å². The number of ether oxygens (including phenoxy) is 2. The van der Waals surface area contributed by atoms with Gasteiger partial charge >= 0.3 is 5.97 Å². The van der Waals surface area contributed by atoms with Crippen LogP contribution in [0.25, 0.3) is 0 Å². The zero-order valence-corrected chi connectivity index (χ0v) is 21.3. The Labute approximate surface area is 197 Å². The maximum atomic E-state index is 11.5. The van der Waals surface area contributed by atoms with Gasteiger partial charge < -0.3 is 9.47 Å². The van der Waals surface area contributed by atoms with Crippen LogP contribution >= 0.6 is 0 Å². The summed E-state index contributed by atoms with van der Waals surface area (Å²) in [7, 11) is 1.90. The van der Waals surface area contributed by atoms with E-state index < -0.39 is 0 Å². The fourth-order valence-corrected chi connectivity index (χ4v) is 8.96. The molecule has 0 aromatic rings. The van der Waals surface area contributed by atoms with Gasteiger partial charge in [-0.15, -0.1) is 0 Å². The predicted octanol–water partition coefficient (Wildman–Crippen LogP) is 7.71. The van der Waals surface area contributed by atoms with Gasteiger partial charge in [-0.3, -0.25) is 4.79 Å². The SMILES string of the molecule is COC1CCC(C(C)(C2CCC(OC(C)=O)CC2)C2CCCCC2C2CCCCC2)CC1. The summed E-state index contributed by atoms with van der Waals surface area (Å²) in [6.07, 6.45) is 23.8. The van der Waals surface area contributed by atoms with E-state index in [0.717, 1.165) is 42.4 Å². The molecule has 3 heteroatoms. The van der Waals surface area contributed by atoms with Gasteiger partial charge in [-0.25, -0.2) is 0 Å². The first-order chi connectivity index (χ1) is 15.5. The minimum atomic E-state index is -0.0984. The van der Waals surface area contributed by atoms with Crippen LogP contribution in [0.3, 0.4) is 0 Å². The Kier molecular flexibility index (Phi) is 8.62. The van der Waals surface area contributed by atoms with E-state index in [2.05, 4.69) is 6.92 Å². The maximum absolute atomic E-state index is 11.5. The Morgan fingerprint density at radius 1 is 0.688 bits per heavy atom. The second kappa shape index (κ2) is 11.2. The Morgan fingerprint density at radius 2 is 1.22 bits per heavy atom. The molecule has 0 bridgehead atoms. The van der Waals surface area contributed by atoms with Gasteiger partial charge in [0.1, 0.15) is 6.10 Å². The largest absolute Gasteiger partial charge is 0.463 e. The van der Waals surface area contributed by atoms with E-state index in [1.807, 2.05) is 7.11 Å². The Bertz CT molecular complexity index is 581. The summed E-state index contributed by atoms with van der Waals surface area (Å²) in [5.41, 5.74) is 0.447. The fraction of sp³-hybridized carbons (Fsp3) is 0.966. The molecule has 3 nitrogen and oxygen atoms in total. The molecule has 0 aromatic heterocycles. The summed E-state index contributed by atoms with van der Waals surface area (Å²) in [5.74, 6) is 4.39. The monoisotopic (exact) mass is 446 g/mol. The Morgan fingerprint density at radius 3 is 1.78 bits per heavy atom. The molecule has 0 amide bonds. The molecule has 4 fully saturated rings. The number of esters is 1. The molecule has 3 atom stereocenters. The van der Waals surface area contributed by atoms with Crippen molar-refractivity contribution in [2.24, 2.45) is 35.0 Å². The van der Waals surface area contributed by atoms with Crippen molar-refractivity contribution in [1.29, 1.82) is 0 Å². The van der Waals surface area contributed by atoms with Crippen molar-refractivity contribution in [2.45, 2.75) is 135 Å². The molecule has 0 radical (unpaired) electrons. The molecule has 32 heavy (non-hydrogen) atoms. The van der Waals surface area contributed by atoms with Gasteiger partial charge in [0.2, 0.25) is 0 Å². The highest BCUT2D eigenvalue weighted by Crippen LogP contribution is 2.59. The maximum Gasteiger partial charge on any atom is 0.302 e. The lowest BCUT2D eigenvalue weighted by atomic mass is 9.48. The normalized spacial score (nSPS) is 39.2. The second-order valence-corrected chi connectivity index (χ2v) is 12.1. The molecule has 4 aliphatic carbocycles. The van der Waals surface area contributed by atoms with E-state index >= 15 is 0 Å². The van der Waals surface area contributed by atoms with Crippen LogP contribution < -0.4 is 0 Å². The van der Waals surface area contributed by atoms with Gasteiger partial charge in [-0.2, -0.15) is 0 Å². The molecule has 4 aliphatic rings. The number of carbonyl (C=O) groups excluding carboxylic acids is 1. The number of methoxy groups -OCH3 is 1. The molecule has 184 valence electrons. The summed E-state index contributed by atoms with van der Waals surface area (Å²) in [4.78, 5) is 11.5. The van der Waals surface area contributed by atoms with Gasteiger partial charge in [0.05, 0.1) is 6.10 Å². The van der Waals surface area contributed by atoms with Crippen LogP contribution in [-0.2, 0) is 14.3 Å². The fourth-order valence-electron chi connectivity index (χ4n) is 8.96. The highest BCUT2D eigenvalue weighted by Gasteiger charge is 2.52.